The van der Waals surface area contributed by atoms with Gasteiger partial charge < -0.3 is 9.80 Å². The van der Waals surface area contributed by atoms with Crippen molar-refractivity contribution in [3.63, 3.8) is 0 Å². The SMILES string of the molecule is Cc1ccc(C2=C(N3CCc4ccccc43)C(=O)N(c3cccc(N(C)C)c3)C2=O)cc1. The average molecular weight is 424 g/mol. The molecule has 5 rings (SSSR count). The van der Waals surface area contributed by atoms with Gasteiger partial charge in [0.15, 0.2) is 0 Å². The number of hydrogen-bond acceptors (Lipinski definition) is 4. The molecule has 0 saturated heterocycles. The van der Waals surface area contributed by atoms with E-state index < -0.39 is 0 Å². The van der Waals surface area contributed by atoms with Gasteiger partial charge in [0.1, 0.15) is 5.70 Å². The second-order valence-electron chi connectivity index (χ2n) is 8.48. The quantitative estimate of drug-likeness (QED) is 0.583. The first-order valence-electron chi connectivity index (χ1n) is 10.8. The molecule has 3 aromatic carbocycles. The van der Waals surface area contributed by atoms with Crippen molar-refractivity contribution in [1.82, 2.24) is 0 Å². The molecule has 32 heavy (non-hydrogen) atoms. The monoisotopic (exact) mass is 423 g/mol. The van der Waals surface area contributed by atoms with Gasteiger partial charge in [-0.25, -0.2) is 4.90 Å². The number of carbonyl (C=O) groups excluding carboxylic acids is 2. The Morgan fingerprint density at radius 1 is 0.844 bits per heavy atom. The Labute approximate surface area is 188 Å². The van der Waals surface area contributed by atoms with Crippen molar-refractivity contribution in [3.05, 3.63) is 95.2 Å². The van der Waals surface area contributed by atoms with E-state index in [2.05, 4.69) is 6.07 Å². The molecular weight excluding hydrogens is 398 g/mol. The molecule has 0 spiro atoms. The first kappa shape index (κ1) is 20.1. The fraction of sp³-hybridized carbons (Fsp3) is 0.185. The summed E-state index contributed by atoms with van der Waals surface area (Å²) in [5.41, 5.74) is 6.49. The molecular formula is C27H25N3O2. The molecule has 0 aliphatic carbocycles. The zero-order valence-corrected chi connectivity index (χ0v) is 18.5. The van der Waals surface area contributed by atoms with Crippen LogP contribution >= 0.6 is 0 Å². The van der Waals surface area contributed by atoms with Crippen LogP contribution in [-0.4, -0.2) is 32.5 Å². The predicted molar refractivity (Wildman–Crippen MR) is 129 cm³/mol. The maximum Gasteiger partial charge on any atom is 0.282 e. The number of aryl methyl sites for hydroxylation is 1. The standard InChI is InChI=1S/C27H25N3O2/c1-18-11-13-20(14-12-18)24-25(29-16-15-19-7-4-5-10-23(19)29)27(32)30(26(24)31)22-9-6-8-21(17-22)28(2)3/h4-14,17H,15-16H2,1-3H3. The van der Waals surface area contributed by atoms with E-state index in [9.17, 15) is 9.59 Å². The van der Waals surface area contributed by atoms with E-state index in [0.29, 0.717) is 23.5 Å². The molecule has 0 fully saturated rings. The molecule has 0 radical (unpaired) electrons. The van der Waals surface area contributed by atoms with E-state index in [1.807, 2.05) is 97.5 Å². The van der Waals surface area contributed by atoms with Gasteiger partial charge in [-0.05, 0) is 48.7 Å². The molecule has 2 aliphatic heterocycles. The lowest BCUT2D eigenvalue weighted by molar-refractivity contribution is -0.120. The van der Waals surface area contributed by atoms with Crippen molar-refractivity contribution in [2.75, 3.05) is 35.3 Å². The highest BCUT2D eigenvalue weighted by molar-refractivity contribution is 6.46. The Kier molecular flexibility index (Phi) is 4.82. The van der Waals surface area contributed by atoms with Crippen LogP contribution in [0, 0.1) is 6.92 Å². The van der Waals surface area contributed by atoms with Gasteiger partial charge in [0.2, 0.25) is 0 Å². The lowest BCUT2D eigenvalue weighted by Crippen LogP contribution is -2.35. The summed E-state index contributed by atoms with van der Waals surface area (Å²) >= 11 is 0. The molecule has 0 saturated carbocycles. The molecule has 2 aliphatic rings. The summed E-state index contributed by atoms with van der Waals surface area (Å²) in [6.07, 6.45) is 0.846. The predicted octanol–water partition coefficient (Wildman–Crippen LogP) is 4.41. The maximum absolute atomic E-state index is 13.8. The molecule has 5 heteroatoms. The van der Waals surface area contributed by atoms with E-state index in [1.165, 1.54) is 10.5 Å². The van der Waals surface area contributed by atoms with Gasteiger partial charge in [-0.15, -0.1) is 0 Å². The van der Waals surface area contributed by atoms with E-state index in [-0.39, 0.29) is 11.8 Å². The van der Waals surface area contributed by atoms with Gasteiger partial charge in [0, 0.05) is 32.0 Å². The number of hydrogen-bond donors (Lipinski definition) is 0. The fourth-order valence-electron chi connectivity index (χ4n) is 4.46. The smallest absolute Gasteiger partial charge is 0.282 e. The van der Waals surface area contributed by atoms with Gasteiger partial charge in [-0.3, -0.25) is 9.59 Å². The molecule has 3 aromatic rings. The lowest BCUT2D eigenvalue weighted by Gasteiger charge is -2.22. The van der Waals surface area contributed by atoms with Crippen molar-refractivity contribution in [1.29, 1.82) is 0 Å². The van der Waals surface area contributed by atoms with Crippen LogP contribution in [0.25, 0.3) is 5.57 Å². The van der Waals surface area contributed by atoms with Gasteiger partial charge in [0.05, 0.1) is 11.3 Å². The van der Waals surface area contributed by atoms with Crippen molar-refractivity contribution in [3.8, 4) is 0 Å². The summed E-state index contributed by atoms with van der Waals surface area (Å²) in [6.45, 7) is 2.69. The largest absolute Gasteiger partial charge is 0.378 e. The van der Waals surface area contributed by atoms with Crippen molar-refractivity contribution < 1.29 is 9.59 Å². The van der Waals surface area contributed by atoms with Crippen molar-refractivity contribution in [2.24, 2.45) is 0 Å². The third kappa shape index (κ3) is 3.17. The first-order valence-corrected chi connectivity index (χ1v) is 10.8. The number of para-hydroxylation sites is 1. The number of nitrogens with zero attached hydrogens (tertiary/aromatic N) is 3. The number of anilines is 3. The van der Waals surface area contributed by atoms with Gasteiger partial charge in [-0.2, -0.15) is 0 Å². The zero-order valence-electron chi connectivity index (χ0n) is 18.5. The summed E-state index contributed by atoms with van der Waals surface area (Å²) in [6, 6.07) is 23.4. The Balaban J connectivity index is 1.67. The van der Waals surface area contributed by atoms with Gasteiger partial charge >= 0.3 is 0 Å². The number of amides is 2. The fourth-order valence-corrected chi connectivity index (χ4v) is 4.46. The number of rotatable bonds is 4. The summed E-state index contributed by atoms with van der Waals surface area (Å²) in [7, 11) is 3.88. The second-order valence-corrected chi connectivity index (χ2v) is 8.48. The van der Waals surface area contributed by atoms with Crippen LogP contribution in [0.1, 0.15) is 16.7 Å². The summed E-state index contributed by atoms with van der Waals surface area (Å²) in [5.74, 6) is -0.563. The van der Waals surface area contributed by atoms with Crippen LogP contribution in [0.5, 0.6) is 0 Å². The van der Waals surface area contributed by atoms with E-state index in [0.717, 1.165) is 28.9 Å². The number of carbonyl (C=O) groups is 2. The number of imide groups is 1. The van der Waals surface area contributed by atoms with E-state index >= 15 is 0 Å². The van der Waals surface area contributed by atoms with Crippen LogP contribution in [-0.2, 0) is 16.0 Å². The average Bonchev–Trinajstić information content (AvgIpc) is 3.32. The normalized spacial score (nSPS) is 15.6. The molecule has 160 valence electrons. The molecule has 2 amide bonds. The molecule has 5 nitrogen and oxygen atoms in total. The Morgan fingerprint density at radius 2 is 1.59 bits per heavy atom. The van der Waals surface area contributed by atoms with Crippen molar-refractivity contribution in [2.45, 2.75) is 13.3 Å². The summed E-state index contributed by atoms with van der Waals surface area (Å²) in [4.78, 5) is 32.9. The third-order valence-electron chi connectivity index (χ3n) is 6.16. The van der Waals surface area contributed by atoms with Gasteiger partial charge in [0.25, 0.3) is 11.8 Å². The zero-order chi connectivity index (χ0) is 22.4. The van der Waals surface area contributed by atoms with Gasteiger partial charge in [-0.1, -0.05) is 54.1 Å². The molecule has 0 aromatic heterocycles. The minimum Gasteiger partial charge on any atom is -0.378 e. The Hall–Kier alpha value is -3.86. The first-order chi connectivity index (χ1) is 15.5. The molecule has 0 unspecified atom stereocenters. The van der Waals surface area contributed by atoms with Crippen molar-refractivity contribution >= 4 is 34.4 Å². The highest BCUT2D eigenvalue weighted by Crippen LogP contribution is 2.40. The number of benzene rings is 3. The van der Waals surface area contributed by atoms with Crippen LogP contribution in [0.2, 0.25) is 0 Å². The molecule has 0 N–H and O–H groups in total. The second kappa shape index (κ2) is 7.68. The summed E-state index contributed by atoms with van der Waals surface area (Å²) in [5, 5.41) is 0. The molecule has 0 atom stereocenters. The topological polar surface area (TPSA) is 43.9 Å². The van der Waals surface area contributed by atoms with Crippen LogP contribution in [0.4, 0.5) is 17.1 Å². The third-order valence-corrected chi connectivity index (χ3v) is 6.16. The van der Waals surface area contributed by atoms with Crippen LogP contribution in [0.15, 0.2) is 78.5 Å². The molecule has 0 bridgehead atoms. The van der Waals surface area contributed by atoms with Crippen LogP contribution < -0.4 is 14.7 Å². The Morgan fingerprint density at radius 3 is 2.34 bits per heavy atom. The minimum atomic E-state index is -0.283. The molecule has 2 heterocycles. The Bertz CT molecular complexity index is 1260. The van der Waals surface area contributed by atoms with Crippen LogP contribution in [0.3, 0.4) is 0 Å². The maximum atomic E-state index is 13.8. The lowest BCUT2D eigenvalue weighted by atomic mass is 10.0. The summed E-state index contributed by atoms with van der Waals surface area (Å²) < 4.78 is 0. The van der Waals surface area contributed by atoms with E-state index in [4.69, 9.17) is 0 Å². The van der Waals surface area contributed by atoms with E-state index in [1.54, 1.807) is 0 Å². The number of fused-ring (bicyclic) bond motifs is 1. The highest BCUT2D eigenvalue weighted by Gasteiger charge is 2.44. The highest BCUT2D eigenvalue weighted by atomic mass is 16.2. The minimum absolute atomic E-state index is 0.279.